The first-order valence-electron chi connectivity index (χ1n) is 6.02. The molecular weight excluding hydrogens is 272 g/mol. The maximum Gasteiger partial charge on any atom is 0.223 e. The number of rotatable bonds is 2. The third kappa shape index (κ3) is 1.79. The van der Waals surface area contributed by atoms with E-state index in [4.69, 9.17) is 5.73 Å². The van der Waals surface area contributed by atoms with Crippen LogP contribution in [-0.2, 0) is 0 Å². The number of hydrogen-bond donors (Lipinski definition) is 3. The number of fused-ring (bicyclic) bond motifs is 2. The van der Waals surface area contributed by atoms with Crippen LogP contribution in [-0.4, -0.2) is 24.9 Å². The fourth-order valence-corrected chi connectivity index (χ4v) is 3.05. The van der Waals surface area contributed by atoms with Gasteiger partial charge < -0.3 is 15.7 Å². The summed E-state index contributed by atoms with van der Waals surface area (Å²) in [7, 11) is 0. The fourth-order valence-electron chi connectivity index (χ4n) is 2.10. The molecule has 0 fully saturated rings. The third-order valence-corrected chi connectivity index (χ3v) is 3.91. The molecule has 0 amide bonds. The number of nitrogen functional groups attached to an aromatic ring is 1. The number of nitrogens with zero attached hydrogens (tertiary/aromatic N) is 3. The van der Waals surface area contributed by atoms with Gasteiger partial charge in [0.15, 0.2) is 5.65 Å². The number of nitrogens with two attached hydrogens (primary N) is 1. The Balaban J connectivity index is 1.81. The molecule has 0 spiro atoms. The molecule has 0 bridgehead atoms. The molecule has 0 radical (unpaired) electrons. The SMILES string of the molecule is Nc1nc(Sc2cc3ccccc3[nH]2)c2[nH]cnc2n1. The van der Waals surface area contributed by atoms with E-state index in [1.165, 1.54) is 11.8 Å². The van der Waals surface area contributed by atoms with Gasteiger partial charge in [-0.2, -0.15) is 4.98 Å². The van der Waals surface area contributed by atoms with Crippen molar-refractivity contribution in [2.45, 2.75) is 10.1 Å². The normalized spacial score (nSPS) is 11.4. The van der Waals surface area contributed by atoms with Crippen LogP contribution in [0.3, 0.4) is 0 Å². The van der Waals surface area contributed by atoms with Gasteiger partial charge in [0.25, 0.3) is 0 Å². The lowest BCUT2D eigenvalue weighted by Crippen LogP contribution is -1.96. The lowest BCUT2D eigenvalue weighted by Gasteiger charge is -2.00. The lowest BCUT2D eigenvalue weighted by atomic mass is 10.3. The van der Waals surface area contributed by atoms with Gasteiger partial charge in [-0.1, -0.05) is 18.2 Å². The number of nitrogens with one attached hydrogen (secondary N) is 2. The first kappa shape index (κ1) is 11.3. The number of H-pyrrole nitrogens is 2. The summed E-state index contributed by atoms with van der Waals surface area (Å²) < 4.78 is 0. The summed E-state index contributed by atoms with van der Waals surface area (Å²) in [6, 6.07) is 10.2. The molecule has 0 aliphatic carbocycles. The number of para-hydroxylation sites is 1. The maximum atomic E-state index is 5.71. The Morgan fingerprint density at radius 2 is 2.05 bits per heavy atom. The molecular formula is C13H10N6S. The summed E-state index contributed by atoms with van der Waals surface area (Å²) in [4.78, 5) is 18.9. The van der Waals surface area contributed by atoms with E-state index in [1.54, 1.807) is 6.33 Å². The molecule has 7 heteroatoms. The highest BCUT2D eigenvalue weighted by atomic mass is 32.2. The number of hydrogen-bond acceptors (Lipinski definition) is 5. The van der Waals surface area contributed by atoms with Crippen LogP contribution in [0.4, 0.5) is 5.95 Å². The highest BCUT2D eigenvalue weighted by molar-refractivity contribution is 7.99. The number of aromatic amines is 2. The van der Waals surface area contributed by atoms with Crippen molar-refractivity contribution in [3.8, 4) is 0 Å². The molecule has 0 aliphatic rings. The minimum atomic E-state index is 0.225. The van der Waals surface area contributed by atoms with Crippen LogP contribution in [0.25, 0.3) is 22.1 Å². The van der Waals surface area contributed by atoms with Gasteiger partial charge in [-0.05, 0) is 23.9 Å². The second kappa shape index (κ2) is 4.24. The first-order chi connectivity index (χ1) is 9.79. The second-order valence-corrected chi connectivity index (χ2v) is 5.34. The predicted octanol–water partition coefficient (Wildman–Crippen LogP) is 2.57. The monoisotopic (exact) mass is 282 g/mol. The molecule has 6 nitrogen and oxygen atoms in total. The molecule has 3 heterocycles. The van der Waals surface area contributed by atoms with Crippen molar-refractivity contribution in [3.05, 3.63) is 36.7 Å². The zero-order chi connectivity index (χ0) is 13.5. The Hall–Kier alpha value is -2.54. The maximum absolute atomic E-state index is 5.71. The largest absolute Gasteiger partial charge is 0.368 e. The van der Waals surface area contributed by atoms with E-state index in [2.05, 4.69) is 37.1 Å². The zero-order valence-corrected chi connectivity index (χ0v) is 11.1. The minimum absolute atomic E-state index is 0.225. The smallest absolute Gasteiger partial charge is 0.223 e. The van der Waals surface area contributed by atoms with Crippen molar-refractivity contribution in [2.75, 3.05) is 5.73 Å². The number of imidazole rings is 1. The predicted molar refractivity (Wildman–Crippen MR) is 78.5 cm³/mol. The van der Waals surface area contributed by atoms with Gasteiger partial charge in [-0.3, -0.25) is 0 Å². The Kier molecular flexibility index (Phi) is 2.40. The molecule has 4 aromatic rings. The average Bonchev–Trinajstić information content (AvgIpc) is 3.03. The minimum Gasteiger partial charge on any atom is -0.368 e. The summed E-state index contributed by atoms with van der Waals surface area (Å²) in [6.07, 6.45) is 1.59. The van der Waals surface area contributed by atoms with Crippen molar-refractivity contribution >= 4 is 39.8 Å². The molecule has 0 atom stereocenters. The Morgan fingerprint density at radius 3 is 2.95 bits per heavy atom. The average molecular weight is 282 g/mol. The Morgan fingerprint density at radius 1 is 1.15 bits per heavy atom. The molecule has 4 N–H and O–H groups in total. The number of anilines is 1. The van der Waals surface area contributed by atoms with Crippen LogP contribution < -0.4 is 5.73 Å². The standard InChI is InChI=1S/C13H10N6S/c14-13-18-11-10(15-6-16-11)12(19-13)20-9-5-7-3-1-2-4-8(7)17-9/h1-6,17H,(H3,14,15,16,18,19). The van der Waals surface area contributed by atoms with Gasteiger partial charge in [0.05, 0.1) is 11.4 Å². The zero-order valence-electron chi connectivity index (χ0n) is 10.3. The fraction of sp³-hybridized carbons (Fsp3) is 0. The molecule has 0 unspecified atom stereocenters. The van der Waals surface area contributed by atoms with E-state index in [9.17, 15) is 0 Å². The van der Waals surface area contributed by atoms with E-state index >= 15 is 0 Å². The van der Waals surface area contributed by atoms with E-state index < -0.39 is 0 Å². The lowest BCUT2D eigenvalue weighted by molar-refractivity contribution is 1.09. The van der Waals surface area contributed by atoms with Gasteiger partial charge in [-0.15, -0.1) is 0 Å². The van der Waals surface area contributed by atoms with Crippen LogP contribution in [0.2, 0.25) is 0 Å². The van der Waals surface area contributed by atoms with Gasteiger partial charge in [0.2, 0.25) is 5.95 Å². The quantitative estimate of drug-likeness (QED) is 0.491. The summed E-state index contributed by atoms with van der Waals surface area (Å²) in [6.45, 7) is 0. The molecule has 20 heavy (non-hydrogen) atoms. The molecule has 98 valence electrons. The molecule has 0 aliphatic heterocycles. The van der Waals surface area contributed by atoms with Crippen molar-refractivity contribution in [3.63, 3.8) is 0 Å². The highest BCUT2D eigenvalue weighted by Gasteiger charge is 2.11. The van der Waals surface area contributed by atoms with Crippen molar-refractivity contribution < 1.29 is 0 Å². The number of benzene rings is 1. The van der Waals surface area contributed by atoms with E-state index in [0.29, 0.717) is 5.65 Å². The molecule has 1 aromatic carbocycles. The van der Waals surface area contributed by atoms with Gasteiger partial charge >= 0.3 is 0 Å². The van der Waals surface area contributed by atoms with Crippen molar-refractivity contribution in [2.24, 2.45) is 0 Å². The molecule has 4 rings (SSSR count). The molecule has 0 saturated carbocycles. The van der Waals surface area contributed by atoms with Crippen LogP contribution in [0, 0.1) is 0 Å². The topological polar surface area (TPSA) is 96.3 Å². The van der Waals surface area contributed by atoms with Crippen LogP contribution >= 0.6 is 11.8 Å². The van der Waals surface area contributed by atoms with Crippen LogP contribution in [0.15, 0.2) is 46.7 Å². The van der Waals surface area contributed by atoms with E-state index in [-0.39, 0.29) is 5.95 Å². The van der Waals surface area contributed by atoms with Crippen LogP contribution in [0.5, 0.6) is 0 Å². The Labute approximate surface area is 117 Å². The van der Waals surface area contributed by atoms with Gasteiger partial charge in [0, 0.05) is 10.9 Å². The van der Waals surface area contributed by atoms with Crippen molar-refractivity contribution in [1.29, 1.82) is 0 Å². The van der Waals surface area contributed by atoms with Gasteiger partial charge in [-0.25, -0.2) is 9.97 Å². The second-order valence-electron chi connectivity index (χ2n) is 4.31. The summed E-state index contributed by atoms with van der Waals surface area (Å²) in [5, 5.41) is 2.93. The molecule has 3 aromatic heterocycles. The summed E-state index contributed by atoms with van der Waals surface area (Å²) >= 11 is 1.50. The van der Waals surface area contributed by atoms with E-state index in [0.717, 1.165) is 26.5 Å². The van der Waals surface area contributed by atoms with Crippen LogP contribution in [0.1, 0.15) is 0 Å². The highest BCUT2D eigenvalue weighted by Crippen LogP contribution is 2.31. The number of aromatic nitrogens is 5. The van der Waals surface area contributed by atoms with Crippen molar-refractivity contribution in [1.82, 2.24) is 24.9 Å². The summed E-state index contributed by atoms with van der Waals surface area (Å²) in [5.74, 6) is 0.225. The Bertz CT molecular complexity index is 876. The molecule has 0 saturated heterocycles. The third-order valence-electron chi connectivity index (χ3n) is 2.98. The first-order valence-corrected chi connectivity index (χ1v) is 6.83. The van der Waals surface area contributed by atoms with E-state index in [1.807, 2.05) is 18.2 Å². The summed E-state index contributed by atoms with van der Waals surface area (Å²) in [5.41, 5.74) is 8.18. The van der Waals surface area contributed by atoms with Gasteiger partial charge in [0.1, 0.15) is 10.5 Å².